The van der Waals surface area contributed by atoms with Gasteiger partial charge in [-0.3, -0.25) is 9.59 Å². The molecule has 2 aliphatic rings. The Bertz CT molecular complexity index is 1000. The highest BCUT2D eigenvalue weighted by Crippen LogP contribution is 2.54. The number of hydrogen-bond acceptors (Lipinski definition) is 5. The first-order chi connectivity index (χ1) is 13.2. The lowest BCUT2D eigenvalue weighted by Crippen LogP contribution is -2.24. The van der Waals surface area contributed by atoms with Crippen LogP contribution in [-0.4, -0.2) is 18.5 Å². The molecular formula is C23H26O5. The first kappa shape index (κ1) is 18.8. The second-order valence-electron chi connectivity index (χ2n) is 8.55. The van der Waals surface area contributed by atoms with Crippen LogP contribution in [0, 0.1) is 0 Å². The molecule has 0 spiro atoms. The summed E-state index contributed by atoms with van der Waals surface area (Å²) in [6.45, 7) is 9.73. The number of esters is 2. The smallest absolute Gasteiger partial charge is 0.308 e. The zero-order chi connectivity index (χ0) is 20.2. The summed E-state index contributed by atoms with van der Waals surface area (Å²) in [5.74, 6) is 0.569. The summed E-state index contributed by atoms with van der Waals surface area (Å²) >= 11 is 0. The molecule has 0 aromatic heterocycles. The van der Waals surface area contributed by atoms with Crippen molar-refractivity contribution in [3.63, 3.8) is 0 Å². The van der Waals surface area contributed by atoms with Gasteiger partial charge in [-0.1, -0.05) is 32.9 Å². The quantitative estimate of drug-likeness (QED) is 0.551. The fourth-order valence-corrected chi connectivity index (χ4v) is 4.70. The van der Waals surface area contributed by atoms with E-state index in [9.17, 15) is 9.59 Å². The lowest BCUT2D eigenvalue weighted by atomic mass is 9.71. The molecule has 2 aromatic carbocycles. The molecule has 0 bridgehead atoms. The van der Waals surface area contributed by atoms with Crippen LogP contribution in [0.5, 0.6) is 17.2 Å². The van der Waals surface area contributed by atoms with Crippen LogP contribution in [0.15, 0.2) is 12.1 Å². The molecule has 1 unspecified atom stereocenters. The lowest BCUT2D eigenvalue weighted by molar-refractivity contribution is -0.134. The molecule has 0 fully saturated rings. The maximum Gasteiger partial charge on any atom is 0.308 e. The number of fused-ring (bicyclic) bond motifs is 5. The summed E-state index contributed by atoms with van der Waals surface area (Å²) < 4.78 is 17.3. The number of ether oxygens (including phenoxy) is 3. The molecule has 2 aromatic rings. The Labute approximate surface area is 165 Å². The van der Waals surface area contributed by atoms with Gasteiger partial charge in [0.2, 0.25) is 0 Å². The standard InChI is InChI=1S/C23H26O5/c1-12-11-26-20-16-8-9-17-15(7-6-10-23(17,4)5)19(16)22(28-14(3)25)21(18(12)20)27-13(2)24/h8-9,12H,6-7,10-11H2,1-5H3. The highest BCUT2D eigenvalue weighted by molar-refractivity contribution is 6.02. The molecule has 4 rings (SSSR count). The first-order valence-electron chi connectivity index (χ1n) is 9.86. The molecule has 148 valence electrons. The van der Waals surface area contributed by atoms with Gasteiger partial charge >= 0.3 is 11.9 Å². The zero-order valence-corrected chi connectivity index (χ0v) is 17.1. The van der Waals surface area contributed by atoms with E-state index in [1.54, 1.807) is 0 Å². The minimum absolute atomic E-state index is 0.0318. The van der Waals surface area contributed by atoms with Crippen molar-refractivity contribution >= 4 is 22.7 Å². The molecule has 1 atom stereocenters. The number of aryl methyl sites for hydroxylation is 1. The maximum atomic E-state index is 12.0. The van der Waals surface area contributed by atoms with Crippen LogP contribution in [-0.2, 0) is 21.4 Å². The fourth-order valence-electron chi connectivity index (χ4n) is 4.70. The lowest BCUT2D eigenvalue weighted by Gasteiger charge is -2.34. The van der Waals surface area contributed by atoms with E-state index in [0.717, 1.165) is 46.9 Å². The van der Waals surface area contributed by atoms with Crippen molar-refractivity contribution in [2.24, 2.45) is 0 Å². The van der Waals surface area contributed by atoms with Gasteiger partial charge in [0.05, 0.1) is 6.61 Å². The maximum absolute atomic E-state index is 12.0. The molecular weight excluding hydrogens is 356 g/mol. The predicted molar refractivity (Wildman–Crippen MR) is 106 cm³/mol. The largest absolute Gasteiger partial charge is 0.492 e. The molecule has 0 amide bonds. The predicted octanol–water partition coefficient (Wildman–Crippen LogP) is 4.80. The summed E-state index contributed by atoms with van der Waals surface area (Å²) in [6, 6.07) is 4.23. The molecule has 5 nitrogen and oxygen atoms in total. The fraction of sp³-hybridized carbons (Fsp3) is 0.478. The second kappa shape index (κ2) is 6.50. The average Bonchev–Trinajstić information content (AvgIpc) is 2.98. The summed E-state index contributed by atoms with van der Waals surface area (Å²) in [7, 11) is 0. The van der Waals surface area contributed by atoms with Crippen LogP contribution in [0.3, 0.4) is 0 Å². The van der Waals surface area contributed by atoms with E-state index < -0.39 is 11.9 Å². The second-order valence-corrected chi connectivity index (χ2v) is 8.55. The van der Waals surface area contributed by atoms with Gasteiger partial charge in [0.15, 0.2) is 11.5 Å². The van der Waals surface area contributed by atoms with Crippen LogP contribution in [0.25, 0.3) is 10.8 Å². The molecule has 0 radical (unpaired) electrons. The van der Waals surface area contributed by atoms with E-state index in [1.807, 2.05) is 6.92 Å². The van der Waals surface area contributed by atoms with Crippen LogP contribution in [0.4, 0.5) is 0 Å². The topological polar surface area (TPSA) is 61.8 Å². The third-order valence-electron chi connectivity index (χ3n) is 5.90. The number of carbonyl (C=O) groups is 2. The van der Waals surface area contributed by atoms with E-state index in [2.05, 4.69) is 26.0 Å². The van der Waals surface area contributed by atoms with Gasteiger partial charge in [0, 0.05) is 36.1 Å². The van der Waals surface area contributed by atoms with E-state index in [4.69, 9.17) is 14.2 Å². The van der Waals surface area contributed by atoms with E-state index in [0.29, 0.717) is 18.1 Å². The Hall–Kier alpha value is -2.56. The first-order valence-corrected chi connectivity index (χ1v) is 9.86. The van der Waals surface area contributed by atoms with Gasteiger partial charge in [0.25, 0.3) is 0 Å². The van der Waals surface area contributed by atoms with E-state index in [1.165, 1.54) is 19.4 Å². The Balaban J connectivity index is 2.15. The van der Waals surface area contributed by atoms with Crippen molar-refractivity contribution in [1.82, 2.24) is 0 Å². The van der Waals surface area contributed by atoms with Crippen LogP contribution in [0.2, 0.25) is 0 Å². The number of benzene rings is 2. The van der Waals surface area contributed by atoms with Gasteiger partial charge in [-0.2, -0.15) is 0 Å². The van der Waals surface area contributed by atoms with Crippen LogP contribution < -0.4 is 14.2 Å². The van der Waals surface area contributed by atoms with Crippen molar-refractivity contribution in [1.29, 1.82) is 0 Å². The highest BCUT2D eigenvalue weighted by Gasteiger charge is 2.36. The molecule has 28 heavy (non-hydrogen) atoms. The number of hydrogen-bond donors (Lipinski definition) is 0. The summed E-state index contributed by atoms with van der Waals surface area (Å²) in [6.07, 6.45) is 3.04. The highest BCUT2D eigenvalue weighted by atomic mass is 16.6. The molecule has 1 heterocycles. The van der Waals surface area contributed by atoms with Crippen molar-refractivity contribution in [3.05, 3.63) is 28.8 Å². The summed E-state index contributed by atoms with van der Waals surface area (Å²) in [5, 5.41) is 1.76. The van der Waals surface area contributed by atoms with Crippen molar-refractivity contribution < 1.29 is 23.8 Å². The molecule has 1 aliphatic heterocycles. The van der Waals surface area contributed by atoms with Gasteiger partial charge in [0.1, 0.15) is 5.75 Å². The molecule has 0 saturated carbocycles. The minimum atomic E-state index is -0.445. The number of rotatable bonds is 2. The van der Waals surface area contributed by atoms with Crippen molar-refractivity contribution in [2.75, 3.05) is 6.61 Å². The minimum Gasteiger partial charge on any atom is -0.492 e. The third kappa shape index (κ3) is 2.84. The van der Waals surface area contributed by atoms with Crippen molar-refractivity contribution in [2.45, 2.75) is 65.2 Å². The Kier molecular flexibility index (Phi) is 4.36. The Morgan fingerprint density at radius 2 is 1.79 bits per heavy atom. The average molecular weight is 382 g/mol. The Morgan fingerprint density at radius 3 is 2.46 bits per heavy atom. The van der Waals surface area contributed by atoms with Gasteiger partial charge in [-0.25, -0.2) is 0 Å². The van der Waals surface area contributed by atoms with E-state index >= 15 is 0 Å². The van der Waals surface area contributed by atoms with Gasteiger partial charge < -0.3 is 14.2 Å². The SMILES string of the molecule is CC(=O)Oc1c2c(c3ccc4c(c3c1OC(C)=O)CCCC4(C)C)OCC2C. The van der Waals surface area contributed by atoms with Crippen molar-refractivity contribution in [3.8, 4) is 17.2 Å². The third-order valence-corrected chi connectivity index (χ3v) is 5.90. The summed E-state index contributed by atoms with van der Waals surface area (Å²) in [4.78, 5) is 23.9. The van der Waals surface area contributed by atoms with Gasteiger partial charge in [-0.15, -0.1) is 0 Å². The number of carbonyl (C=O) groups excluding carboxylic acids is 2. The van der Waals surface area contributed by atoms with E-state index in [-0.39, 0.29) is 11.3 Å². The normalized spacial score (nSPS) is 19.5. The summed E-state index contributed by atoms with van der Waals surface area (Å²) in [5.41, 5.74) is 3.24. The van der Waals surface area contributed by atoms with Crippen LogP contribution >= 0.6 is 0 Å². The molecule has 0 saturated heterocycles. The molecule has 0 N–H and O–H groups in total. The monoisotopic (exact) mass is 382 g/mol. The Morgan fingerprint density at radius 1 is 1.11 bits per heavy atom. The molecule has 1 aliphatic carbocycles. The zero-order valence-electron chi connectivity index (χ0n) is 17.1. The van der Waals surface area contributed by atoms with Crippen LogP contribution in [0.1, 0.15) is 70.1 Å². The van der Waals surface area contributed by atoms with Gasteiger partial charge in [-0.05, 0) is 35.8 Å². The molecule has 5 heteroatoms.